The highest BCUT2D eigenvalue weighted by Crippen LogP contribution is 2.25. The van der Waals surface area contributed by atoms with Crippen LogP contribution in [0.15, 0.2) is 18.2 Å². The maximum atomic E-state index is 11.5. The quantitative estimate of drug-likeness (QED) is 0.569. The number of carbonyl (C=O) groups is 1. The molecule has 1 aromatic rings. The van der Waals surface area contributed by atoms with Gasteiger partial charge in [0.2, 0.25) is 0 Å². The van der Waals surface area contributed by atoms with E-state index in [1.807, 2.05) is 0 Å². The number of rotatable bonds is 6. The molecule has 1 N–H and O–H groups in total. The fraction of sp³-hybridized carbons (Fsp3) is 0.417. The van der Waals surface area contributed by atoms with Crippen LogP contribution in [0.5, 0.6) is 0 Å². The van der Waals surface area contributed by atoms with Crippen LogP contribution < -0.4 is 5.32 Å². The Kier molecular flexibility index (Phi) is 7.47. The van der Waals surface area contributed by atoms with E-state index in [-0.39, 0.29) is 0 Å². The van der Waals surface area contributed by atoms with Crippen LogP contribution in [-0.4, -0.2) is 18.0 Å². The number of unbranched alkanes of at least 4 members (excludes halogenated alkanes) is 2. The number of ether oxygens (including phenoxy) is 1. The van der Waals surface area contributed by atoms with Crippen LogP contribution in [-0.2, 0) is 4.74 Å². The van der Waals surface area contributed by atoms with Gasteiger partial charge in [0.25, 0.3) is 0 Å². The van der Waals surface area contributed by atoms with Gasteiger partial charge in [-0.3, -0.25) is 5.32 Å². The third-order valence-corrected chi connectivity index (χ3v) is 3.30. The second-order valence-electron chi connectivity index (χ2n) is 3.63. The zero-order valence-electron chi connectivity index (χ0n) is 9.72. The monoisotopic (exact) mass is 353 g/mol. The molecule has 0 saturated heterocycles. The molecule has 0 saturated carbocycles. The molecule has 0 radical (unpaired) electrons. The minimum absolute atomic E-state index is 0.400. The first kappa shape index (κ1) is 15.6. The molecule has 0 bridgehead atoms. The molecule has 0 aromatic heterocycles. The van der Waals surface area contributed by atoms with Gasteiger partial charge in [0, 0.05) is 10.4 Å². The van der Waals surface area contributed by atoms with Crippen LogP contribution in [0.2, 0.25) is 10.0 Å². The van der Waals surface area contributed by atoms with Crippen molar-refractivity contribution in [2.45, 2.75) is 19.3 Å². The minimum Gasteiger partial charge on any atom is -0.449 e. The van der Waals surface area contributed by atoms with E-state index in [0.29, 0.717) is 22.3 Å². The van der Waals surface area contributed by atoms with Crippen molar-refractivity contribution in [3.8, 4) is 0 Å². The fourth-order valence-electron chi connectivity index (χ4n) is 1.28. The lowest BCUT2D eigenvalue weighted by molar-refractivity contribution is 0.159. The van der Waals surface area contributed by atoms with Crippen molar-refractivity contribution in [2.75, 3.05) is 17.3 Å². The minimum atomic E-state index is -0.516. The summed E-state index contributed by atoms with van der Waals surface area (Å²) in [7, 11) is 0. The lowest BCUT2D eigenvalue weighted by atomic mass is 10.3. The number of anilines is 1. The molecule has 0 unspecified atom stereocenters. The van der Waals surface area contributed by atoms with Crippen LogP contribution in [0.1, 0.15) is 19.3 Å². The van der Waals surface area contributed by atoms with Crippen molar-refractivity contribution in [1.29, 1.82) is 0 Å². The SMILES string of the molecule is O=C(Nc1cc(Cl)ccc1Cl)OCCCCCBr. The van der Waals surface area contributed by atoms with E-state index < -0.39 is 6.09 Å². The number of carbonyl (C=O) groups excluding carboxylic acids is 1. The maximum Gasteiger partial charge on any atom is 0.411 e. The zero-order chi connectivity index (χ0) is 13.4. The molecule has 0 atom stereocenters. The third kappa shape index (κ3) is 5.94. The summed E-state index contributed by atoms with van der Waals surface area (Å²) in [6.45, 7) is 0.400. The second kappa shape index (κ2) is 8.62. The van der Waals surface area contributed by atoms with Gasteiger partial charge in [-0.1, -0.05) is 39.1 Å². The van der Waals surface area contributed by atoms with E-state index in [2.05, 4.69) is 21.2 Å². The molecule has 0 spiro atoms. The standard InChI is InChI=1S/C12H14BrCl2NO2/c13-6-2-1-3-7-18-12(17)16-11-8-9(14)4-5-10(11)15/h4-5,8H,1-3,6-7H2,(H,16,17). The Bertz CT molecular complexity index is 402. The van der Waals surface area contributed by atoms with Gasteiger partial charge in [-0.05, 0) is 37.5 Å². The van der Waals surface area contributed by atoms with Crippen molar-refractivity contribution < 1.29 is 9.53 Å². The van der Waals surface area contributed by atoms with E-state index in [1.54, 1.807) is 18.2 Å². The van der Waals surface area contributed by atoms with Crippen LogP contribution in [0.3, 0.4) is 0 Å². The molecule has 1 amide bonds. The van der Waals surface area contributed by atoms with Crippen LogP contribution in [0, 0.1) is 0 Å². The molecule has 0 aliphatic heterocycles. The van der Waals surface area contributed by atoms with Crippen LogP contribution >= 0.6 is 39.1 Å². The average molecular weight is 355 g/mol. The number of nitrogens with one attached hydrogen (secondary N) is 1. The molecule has 18 heavy (non-hydrogen) atoms. The van der Waals surface area contributed by atoms with E-state index in [4.69, 9.17) is 27.9 Å². The molecular formula is C12H14BrCl2NO2. The summed E-state index contributed by atoms with van der Waals surface area (Å²) in [5, 5.41) is 4.46. The lowest BCUT2D eigenvalue weighted by Crippen LogP contribution is -2.14. The Morgan fingerprint density at radius 3 is 2.78 bits per heavy atom. The van der Waals surface area contributed by atoms with Crippen molar-refractivity contribution in [2.24, 2.45) is 0 Å². The van der Waals surface area contributed by atoms with Crippen molar-refractivity contribution in [3.63, 3.8) is 0 Å². The van der Waals surface area contributed by atoms with Crippen molar-refractivity contribution >= 4 is 50.9 Å². The molecule has 1 rings (SSSR count). The summed E-state index contributed by atoms with van der Waals surface area (Å²) in [6, 6.07) is 4.85. The molecule has 6 heteroatoms. The molecule has 100 valence electrons. The Balaban J connectivity index is 2.33. The lowest BCUT2D eigenvalue weighted by Gasteiger charge is -2.08. The van der Waals surface area contributed by atoms with Crippen molar-refractivity contribution in [1.82, 2.24) is 0 Å². The summed E-state index contributed by atoms with van der Waals surface area (Å²) in [4.78, 5) is 11.5. The normalized spacial score (nSPS) is 10.2. The number of benzene rings is 1. The second-order valence-corrected chi connectivity index (χ2v) is 5.27. The number of amides is 1. The van der Waals surface area contributed by atoms with Gasteiger partial charge in [-0.15, -0.1) is 0 Å². The molecule has 0 heterocycles. The van der Waals surface area contributed by atoms with Crippen LogP contribution in [0.4, 0.5) is 10.5 Å². The van der Waals surface area contributed by atoms with Gasteiger partial charge < -0.3 is 4.74 Å². The van der Waals surface area contributed by atoms with Crippen LogP contribution in [0.25, 0.3) is 0 Å². The number of hydrogen-bond acceptors (Lipinski definition) is 2. The highest BCUT2D eigenvalue weighted by atomic mass is 79.9. The Morgan fingerprint density at radius 1 is 1.28 bits per heavy atom. The van der Waals surface area contributed by atoms with Gasteiger partial charge in [-0.25, -0.2) is 4.79 Å². The zero-order valence-corrected chi connectivity index (χ0v) is 12.8. The van der Waals surface area contributed by atoms with Crippen molar-refractivity contribution in [3.05, 3.63) is 28.2 Å². The predicted octanol–water partition coefficient (Wildman–Crippen LogP) is 5.11. The molecule has 0 aliphatic rings. The van der Waals surface area contributed by atoms with Gasteiger partial charge in [0.05, 0.1) is 17.3 Å². The van der Waals surface area contributed by atoms with E-state index in [1.165, 1.54) is 0 Å². The largest absolute Gasteiger partial charge is 0.449 e. The number of hydrogen-bond donors (Lipinski definition) is 1. The molecule has 3 nitrogen and oxygen atoms in total. The maximum absolute atomic E-state index is 11.5. The van der Waals surface area contributed by atoms with Gasteiger partial charge >= 0.3 is 6.09 Å². The number of halogens is 3. The Morgan fingerprint density at radius 2 is 2.06 bits per heavy atom. The highest BCUT2D eigenvalue weighted by molar-refractivity contribution is 9.09. The van der Waals surface area contributed by atoms with Gasteiger partial charge in [0.15, 0.2) is 0 Å². The summed E-state index contributed by atoms with van der Waals surface area (Å²) >= 11 is 15.1. The summed E-state index contributed by atoms with van der Waals surface area (Å²) in [5.41, 5.74) is 0.453. The molecule has 0 fully saturated rings. The fourth-order valence-corrected chi connectivity index (χ4v) is 2.01. The predicted molar refractivity (Wildman–Crippen MR) is 79.1 cm³/mol. The molecular weight excluding hydrogens is 341 g/mol. The number of alkyl halides is 1. The topological polar surface area (TPSA) is 38.3 Å². The first-order valence-corrected chi connectivity index (χ1v) is 7.46. The summed E-state index contributed by atoms with van der Waals surface area (Å²) < 4.78 is 5.02. The highest BCUT2D eigenvalue weighted by Gasteiger charge is 2.07. The summed E-state index contributed by atoms with van der Waals surface area (Å²) in [6.07, 6.45) is 2.43. The van der Waals surface area contributed by atoms with Gasteiger partial charge in [-0.2, -0.15) is 0 Å². The Hall–Kier alpha value is -0.450. The van der Waals surface area contributed by atoms with E-state index in [9.17, 15) is 4.79 Å². The smallest absolute Gasteiger partial charge is 0.411 e. The molecule has 0 aliphatic carbocycles. The van der Waals surface area contributed by atoms with Gasteiger partial charge in [0.1, 0.15) is 0 Å². The summed E-state index contributed by atoms with van der Waals surface area (Å²) in [5.74, 6) is 0. The average Bonchev–Trinajstić information content (AvgIpc) is 2.33. The molecule has 1 aromatic carbocycles. The van der Waals surface area contributed by atoms with E-state index >= 15 is 0 Å². The van der Waals surface area contributed by atoms with E-state index in [0.717, 1.165) is 24.6 Å². The Labute approximate surface area is 125 Å². The third-order valence-electron chi connectivity index (χ3n) is 2.18. The first-order chi connectivity index (χ1) is 8.63. The first-order valence-electron chi connectivity index (χ1n) is 5.58.